The molecule has 4 nitrogen and oxygen atoms in total. The second-order valence-corrected chi connectivity index (χ2v) is 4.79. The van der Waals surface area contributed by atoms with Gasteiger partial charge in [0.05, 0.1) is 0 Å². The third-order valence-corrected chi connectivity index (χ3v) is 3.81. The number of hydrogen-bond donors (Lipinski definition) is 2. The minimum absolute atomic E-state index is 0.648. The first-order valence-corrected chi connectivity index (χ1v) is 5.81. The van der Waals surface area contributed by atoms with Crippen LogP contribution in [0.3, 0.4) is 0 Å². The van der Waals surface area contributed by atoms with Crippen LogP contribution >= 0.6 is 0 Å². The van der Waals surface area contributed by atoms with Gasteiger partial charge in [-0.2, -0.15) is 0 Å². The first-order valence-electron chi connectivity index (χ1n) is 5.81. The summed E-state index contributed by atoms with van der Waals surface area (Å²) in [6.45, 7) is 0. The van der Waals surface area contributed by atoms with Crippen LogP contribution in [0.5, 0.6) is 0 Å². The van der Waals surface area contributed by atoms with E-state index in [1.807, 2.05) is 12.4 Å². The second kappa shape index (κ2) is 3.52. The van der Waals surface area contributed by atoms with Gasteiger partial charge in [-0.15, -0.1) is 0 Å². The second-order valence-electron chi connectivity index (χ2n) is 4.79. The Hall–Kier alpha value is -1.03. The molecule has 2 unspecified atom stereocenters. The first-order chi connectivity index (χ1) is 7.33. The average molecular weight is 206 g/mol. The van der Waals surface area contributed by atoms with Gasteiger partial charge in [-0.05, 0) is 25.7 Å². The van der Waals surface area contributed by atoms with E-state index in [0.717, 1.165) is 18.0 Å². The number of nitrogens with one attached hydrogen (secondary N) is 2. The van der Waals surface area contributed by atoms with Crippen LogP contribution < -0.4 is 10.2 Å². The summed E-state index contributed by atoms with van der Waals surface area (Å²) >= 11 is 0. The van der Waals surface area contributed by atoms with Crippen molar-refractivity contribution in [1.29, 1.82) is 0 Å². The topological polar surface area (TPSA) is 44.0 Å². The monoisotopic (exact) mass is 206 g/mol. The van der Waals surface area contributed by atoms with Gasteiger partial charge < -0.3 is 15.2 Å². The summed E-state index contributed by atoms with van der Waals surface area (Å²) in [7, 11) is 2.15. The molecule has 0 aliphatic carbocycles. The van der Waals surface area contributed by atoms with Crippen molar-refractivity contribution < 1.29 is 0 Å². The van der Waals surface area contributed by atoms with Crippen molar-refractivity contribution >= 4 is 5.95 Å². The summed E-state index contributed by atoms with van der Waals surface area (Å²) in [5, 5.41) is 3.66. The van der Waals surface area contributed by atoms with E-state index in [1.165, 1.54) is 25.7 Å². The molecule has 2 fully saturated rings. The van der Waals surface area contributed by atoms with Crippen molar-refractivity contribution in [2.45, 2.75) is 43.8 Å². The molecule has 0 amide bonds. The van der Waals surface area contributed by atoms with Gasteiger partial charge in [0.25, 0.3) is 0 Å². The van der Waals surface area contributed by atoms with E-state index in [-0.39, 0.29) is 0 Å². The van der Waals surface area contributed by atoms with Crippen molar-refractivity contribution in [3.05, 3.63) is 12.4 Å². The quantitative estimate of drug-likeness (QED) is 0.762. The summed E-state index contributed by atoms with van der Waals surface area (Å²) in [5.74, 6) is 1.00. The molecule has 0 spiro atoms. The van der Waals surface area contributed by atoms with E-state index in [4.69, 9.17) is 0 Å². The van der Waals surface area contributed by atoms with Crippen molar-refractivity contribution in [2.75, 3.05) is 11.9 Å². The highest BCUT2D eigenvalue weighted by Crippen LogP contribution is 2.30. The molecule has 2 atom stereocenters. The number of aromatic nitrogens is 2. The summed E-state index contributed by atoms with van der Waals surface area (Å²) in [6.07, 6.45) is 8.94. The fourth-order valence-electron chi connectivity index (χ4n) is 2.97. The Kier molecular flexibility index (Phi) is 2.16. The van der Waals surface area contributed by atoms with E-state index >= 15 is 0 Å². The van der Waals surface area contributed by atoms with Gasteiger partial charge in [0.1, 0.15) is 0 Å². The maximum atomic E-state index is 4.31. The average Bonchev–Trinajstić information content (AvgIpc) is 2.87. The van der Waals surface area contributed by atoms with Gasteiger partial charge in [0.2, 0.25) is 5.95 Å². The molecule has 2 N–H and O–H groups in total. The molecule has 2 aliphatic rings. The van der Waals surface area contributed by atoms with Crippen LogP contribution in [0.15, 0.2) is 12.4 Å². The highest BCUT2D eigenvalue weighted by molar-refractivity contribution is 5.30. The zero-order chi connectivity index (χ0) is 10.3. The smallest absolute Gasteiger partial charge is 0.202 e. The SMILES string of the molecule is CN(c1ncc[nH]1)C1CC2CCC(C1)N2. The van der Waals surface area contributed by atoms with E-state index in [2.05, 4.69) is 27.2 Å². The zero-order valence-electron chi connectivity index (χ0n) is 9.11. The molecule has 2 aliphatic heterocycles. The van der Waals surface area contributed by atoms with Crippen LogP contribution in [0.1, 0.15) is 25.7 Å². The Morgan fingerprint density at radius 3 is 2.67 bits per heavy atom. The van der Waals surface area contributed by atoms with Crippen molar-refractivity contribution in [2.24, 2.45) is 0 Å². The lowest BCUT2D eigenvalue weighted by Gasteiger charge is -2.35. The molecule has 2 saturated heterocycles. The molecule has 0 aromatic carbocycles. The van der Waals surface area contributed by atoms with Crippen molar-refractivity contribution in [3.8, 4) is 0 Å². The Bertz CT molecular complexity index is 309. The molecule has 15 heavy (non-hydrogen) atoms. The lowest BCUT2D eigenvalue weighted by Crippen LogP contribution is -2.47. The molecule has 4 heteroatoms. The molecule has 2 bridgehead atoms. The van der Waals surface area contributed by atoms with Gasteiger partial charge >= 0.3 is 0 Å². The van der Waals surface area contributed by atoms with Crippen molar-refractivity contribution in [3.63, 3.8) is 0 Å². The predicted octanol–water partition coefficient (Wildman–Crippen LogP) is 1.13. The van der Waals surface area contributed by atoms with Crippen LogP contribution in [-0.4, -0.2) is 35.1 Å². The van der Waals surface area contributed by atoms with Gasteiger partial charge in [0.15, 0.2) is 0 Å². The van der Waals surface area contributed by atoms with Crippen LogP contribution in [0.25, 0.3) is 0 Å². The molecular weight excluding hydrogens is 188 g/mol. The number of piperidine rings is 1. The van der Waals surface area contributed by atoms with E-state index in [0.29, 0.717) is 6.04 Å². The Morgan fingerprint density at radius 1 is 1.33 bits per heavy atom. The van der Waals surface area contributed by atoms with E-state index < -0.39 is 0 Å². The molecule has 0 radical (unpaired) electrons. The lowest BCUT2D eigenvalue weighted by atomic mass is 9.99. The van der Waals surface area contributed by atoms with Crippen LogP contribution in [0.4, 0.5) is 5.95 Å². The third kappa shape index (κ3) is 1.63. The Morgan fingerprint density at radius 2 is 2.07 bits per heavy atom. The molecule has 3 rings (SSSR count). The molecule has 3 heterocycles. The van der Waals surface area contributed by atoms with Crippen LogP contribution in [-0.2, 0) is 0 Å². The largest absolute Gasteiger partial charge is 0.342 e. The number of fused-ring (bicyclic) bond motifs is 2. The van der Waals surface area contributed by atoms with Gasteiger partial charge in [-0.3, -0.25) is 0 Å². The lowest BCUT2D eigenvalue weighted by molar-refractivity contribution is 0.353. The maximum Gasteiger partial charge on any atom is 0.202 e. The standard InChI is InChI=1S/C11H18N4/c1-15(11-12-4-5-13-11)10-6-8-2-3-9(7-10)14-8/h4-5,8-10,14H,2-3,6-7H2,1H3,(H,12,13). The fraction of sp³-hybridized carbons (Fsp3) is 0.727. The molecule has 82 valence electrons. The van der Waals surface area contributed by atoms with Gasteiger partial charge in [-0.1, -0.05) is 0 Å². The van der Waals surface area contributed by atoms with E-state index in [1.54, 1.807) is 0 Å². The summed E-state index contributed by atoms with van der Waals surface area (Å²) < 4.78 is 0. The third-order valence-electron chi connectivity index (χ3n) is 3.81. The molecule has 1 aromatic heterocycles. The number of aromatic amines is 1. The zero-order valence-corrected chi connectivity index (χ0v) is 9.11. The summed E-state index contributed by atoms with van der Waals surface area (Å²) in [4.78, 5) is 9.79. The summed E-state index contributed by atoms with van der Waals surface area (Å²) in [5.41, 5.74) is 0. The molecule has 0 saturated carbocycles. The normalized spacial score (nSPS) is 34.3. The van der Waals surface area contributed by atoms with Gasteiger partial charge in [0, 0.05) is 37.6 Å². The van der Waals surface area contributed by atoms with Crippen molar-refractivity contribution in [1.82, 2.24) is 15.3 Å². The Balaban J connectivity index is 1.72. The van der Waals surface area contributed by atoms with E-state index in [9.17, 15) is 0 Å². The molecule has 1 aromatic rings. The number of H-pyrrole nitrogens is 1. The van der Waals surface area contributed by atoms with Crippen LogP contribution in [0, 0.1) is 0 Å². The van der Waals surface area contributed by atoms with Gasteiger partial charge in [-0.25, -0.2) is 4.98 Å². The number of anilines is 1. The minimum atomic E-state index is 0.648. The van der Waals surface area contributed by atoms with Crippen LogP contribution in [0.2, 0.25) is 0 Å². The predicted molar refractivity (Wildman–Crippen MR) is 60.0 cm³/mol. The molecular formula is C11H18N4. The summed E-state index contributed by atoms with van der Waals surface area (Å²) in [6, 6.07) is 2.13. The number of nitrogens with zero attached hydrogens (tertiary/aromatic N) is 2. The maximum absolute atomic E-state index is 4.31. The minimum Gasteiger partial charge on any atom is -0.342 e. The first kappa shape index (κ1) is 9.21. The highest BCUT2D eigenvalue weighted by atomic mass is 15.3. The number of hydrogen-bond acceptors (Lipinski definition) is 3. The Labute approximate surface area is 90.1 Å². The highest BCUT2D eigenvalue weighted by Gasteiger charge is 2.35. The number of imidazole rings is 1. The fourth-order valence-corrected chi connectivity index (χ4v) is 2.97. The number of rotatable bonds is 2.